The Bertz CT molecular complexity index is 709. The first kappa shape index (κ1) is 20.3. The van der Waals surface area contributed by atoms with Crippen LogP contribution >= 0.6 is 45.8 Å². The summed E-state index contributed by atoms with van der Waals surface area (Å²) >= 11 is 14.9. The zero-order valence-electron chi connectivity index (χ0n) is 15.2. The lowest BCUT2D eigenvalue weighted by Crippen LogP contribution is -2.55. The van der Waals surface area contributed by atoms with Gasteiger partial charge in [0.2, 0.25) is 0 Å². The molecule has 0 unspecified atom stereocenters. The van der Waals surface area contributed by atoms with Crippen molar-refractivity contribution in [2.75, 3.05) is 26.2 Å². The highest BCUT2D eigenvalue weighted by Gasteiger charge is 2.33. The van der Waals surface area contributed by atoms with Crippen LogP contribution in [0.25, 0.3) is 0 Å². The molecule has 1 amide bonds. The molecule has 0 bridgehead atoms. The smallest absolute Gasteiger partial charge is 0.410 e. The highest BCUT2D eigenvalue weighted by atomic mass is 127. The molecule has 144 valence electrons. The third-order valence-electron chi connectivity index (χ3n) is 4.52. The maximum absolute atomic E-state index is 12.4. The van der Waals surface area contributed by atoms with Crippen LogP contribution < -0.4 is 4.74 Å². The summed E-state index contributed by atoms with van der Waals surface area (Å²) in [4.78, 5) is 16.6. The van der Waals surface area contributed by atoms with Gasteiger partial charge < -0.3 is 14.4 Å². The summed E-state index contributed by atoms with van der Waals surface area (Å²) in [7, 11) is 0. The summed E-state index contributed by atoms with van der Waals surface area (Å²) in [5.74, 6) is 0.730. The monoisotopic (exact) mass is 512 g/mol. The van der Waals surface area contributed by atoms with Gasteiger partial charge in [0.15, 0.2) is 0 Å². The third-order valence-corrected chi connectivity index (χ3v) is 6.94. The highest BCUT2D eigenvalue weighted by Crippen LogP contribution is 2.39. The zero-order valence-corrected chi connectivity index (χ0v) is 18.8. The fourth-order valence-electron chi connectivity index (χ4n) is 3.28. The SMILES string of the molecule is CC(C)(C)OC(=O)N1CCN2Cc3cc(Cl)c(I)c(Cl)c3OCC[C@@H]2C1. The normalized spacial score (nSPS) is 21.2. The van der Waals surface area contributed by atoms with E-state index in [2.05, 4.69) is 27.5 Å². The second kappa shape index (κ2) is 7.89. The molecule has 0 N–H and O–H groups in total. The fraction of sp³-hybridized carbons (Fsp3) is 0.611. The minimum Gasteiger partial charge on any atom is -0.492 e. The molecule has 8 heteroatoms. The molecule has 0 saturated carbocycles. The second-order valence-electron chi connectivity index (χ2n) is 7.66. The minimum atomic E-state index is -0.484. The van der Waals surface area contributed by atoms with E-state index in [1.807, 2.05) is 26.8 Å². The molecule has 5 nitrogen and oxygen atoms in total. The Morgan fingerprint density at radius 2 is 2.08 bits per heavy atom. The largest absolute Gasteiger partial charge is 0.492 e. The van der Waals surface area contributed by atoms with Gasteiger partial charge in [-0.3, -0.25) is 4.90 Å². The Labute approximate surface area is 178 Å². The lowest BCUT2D eigenvalue weighted by molar-refractivity contribution is -0.00193. The van der Waals surface area contributed by atoms with E-state index >= 15 is 0 Å². The van der Waals surface area contributed by atoms with Crippen LogP contribution in [0, 0.1) is 3.57 Å². The number of fused-ring (bicyclic) bond motifs is 2. The number of rotatable bonds is 0. The summed E-state index contributed by atoms with van der Waals surface area (Å²) in [6.45, 7) is 8.98. The van der Waals surface area contributed by atoms with Gasteiger partial charge in [0.05, 0.1) is 20.2 Å². The van der Waals surface area contributed by atoms with Crippen molar-refractivity contribution in [2.24, 2.45) is 0 Å². The van der Waals surface area contributed by atoms with E-state index in [1.165, 1.54) is 0 Å². The quantitative estimate of drug-likeness (QED) is 0.370. The van der Waals surface area contributed by atoms with Gasteiger partial charge in [-0.25, -0.2) is 4.79 Å². The van der Waals surface area contributed by atoms with Crippen molar-refractivity contribution in [2.45, 2.75) is 45.4 Å². The van der Waals surface area contributed by atoms with Crippen LogP contribution in [-0.2, 0) is 11.3 Å². The van der Waals surface area contributed by atoms with Crippen LogP contribution in [0.5, 0.6) is 5.75 Å². The number of hydrogen-bond donors (Lipinski definition) is 0. The molecule has 2 aliphatic heterocycles. The molecular formula is C18H23Cl2IN2O3. The number of carbonyl (C=O) groups excluding carboxylic acids is 1. The van der Waals surface area contributed by atoms with Gasteiger partial charge in [-0.05, 0) is 55.8 Å². The average Bonchev–Trinajstić information content (AvgIpc) is 2.53. The molecule has 1 aromatic rings. The molecule has 1 fully saturated rings. The summed E-state index contributed by atoms with van der Waals surface area (Å²) in [6, 6.07) is 2.16. The van der Waals surface area contributed by atoms with Crippen LogP contribution in [0.2, 0.25) is 10.0 Å². The first-order valence-corrected chi connectivity index (χ1v) is 10.5. The van der Waals surface area contributed by atoms with Crippen LogP contribution in [0.3, 0.4) is 0 Å². The number of amides is 1. The lowest BCUT2D eigenvalue weighted by Gasteiger charge is -2.42. The molecular weight excluding hydrogens is 490 g/mol. The van der Waals surface area contributed by atoms with Gasteiger partial charge in [-0.1, -0.05) is 23.2 Å². The first-order chi connectivity index (χ1) is 12.2. The molecule has 1 saturated heterocycles. The van der Waals surface area contributed by atoms with E-state index in [0.717, 1.165) is 27.8 Å². The Balaban J connectivity index is 1.75. The summed E-state index contributed by atoms with van der Waals surface area (Å²) in [5.41, 5.74) is 0.512. The average molecular weight is 513 g/mol. The van der Waals surface area contributed by atoms with Crippen LogP contribution in [0.15, 0.2) is 6.07 Å². The van der Waals surface area contributed by atoms with Crippen molar-refractivity contribution in [1.29, 1.82) is 0 Å². The van der Waals surface area contributed by atoms with Crippen molar-refractivity contribution in [1.82, 2.24) is 9.80 Å². The van der Waals surface area contributed by atoms with E-state index in [0.29, 0.717) is 36.3 Å². The number of halogens is 3. The van der Waals surface area contributed by atoms with Gasteiger partial charge in [-0.15, -0.1) is 0 Å². The van der Waals surface area contributed by atoms with Crippen LogP contribution in [0.4, 0.5) is 4.79 Å². The second-order valence-corrected chi connectivity index (χ2v) is 9.53. The van der Waals surface area contributed by atoms with E-state index in [1.54, 1.807) is 4.90 Å². The van der Waals surface area contributed by atoms with E-state index in [9.17, 15) is 4.79 Å². The van der Waals surface area contributed by atoms with E-state index < -0.39 is 5.60 Å². The summed E-state index contributed by atoms with van der Waals surface area (Å²) in [5, 5.41) is 1.22. The van der Waals surface area contributed by atoms with Crippen molar-refractivity contribution in [3.8, 4) is 5.75 Å². The minimum absolute atomic E-state index is 0.223. The van der Waals surface area contributed by atoms with Crippen molar-refractivity contribution < 1.29 is 14.3 Å². The summed E-state index contributed by atoms with van der Waals surface area (Å²) in [6.07, 6.45) is 0.579. The van der Waals surface area contributed by atoms with Crippen molar-refractivity contribution in [3.05, 3.63) is 25.2 Å². The predicted octanol–water partition coefficient (Wildman–Crippen LogP) is 4.80. The number of nitrogens with zero attached hydrogens (tertiary/aromatic N) is 2. The van der Waals surface area contributed by atoms with Crippen molar-refractivity contribution >= 4 is 51.9 Å². The maximum Gasteiger partial charge on any atom is 0.410 e. The lowest BCUT2D eigenvalue weighted by atomic mass is 10.1. The molecule has 1 atom stereocenters. The van der Waals surface area contributed by atoms with E-state index in [-0.39, 0.29) is 12.1 Å². The maximum atomic E-state index is 12.4. The van der Waals surface area contributed by atoms with Crippen molar-refractivity contribution in [3.63, 3.8) is 0 Å². The van der Waals surface area contributed by atoms with Gasteiger partial charge in [0, 0.05) is 37.8 Å². The Morgan fingerprint density at radius 1 is 1.35 bits per heavy atom. The molecule has 0 radical (unpaired) electrons. The first-order valence-electron chi connectivity index (χ1n) is 8.67. The summed E-state index contributed by atoms with van der Waals surface area (Å²) < 4.78 is 12.3. The number of carbonyl (C=O) groups is 1. The van der Waals surface area contributed by atoms with Crippen LogP contribution in [0.1, 0.15) is 32.8 Å². The molecule has 2 heterocycles. The Hall–Kier alpha value is -0.440. The predicted molar refractivity (Wildman–Crippen MR) is 111 cm³/mol. The number of piperazine rings is 1. The molecule has 2 aliphatic rings. The standard InChI is InChI=1S/C18H23Cl2IN2O3/c1-18(2,3)26-17(24)23-6-5-22-9-11-8-13(19)15(21)14(20)16(11)25-7-4-12(22)10-23/h8,12H,4-7,9-10H2,1-3H3/t12-/m1/s1. The fourth-order valence-corrected chi connectivity index (χ4v) is 4.24. The molecule has 1 aromatic carbocycles. The number of hydrogen-bond acceptors (Lipinski definition) is 4. The molecule has 0 spiro atoms. The van der Waals surface area contributed by atoms with Gasteiger partial charge in [-0.2, -0.15) is 0 Å². The molecule has 0 aliphatic carbocycles. The number of benzene rings is 1. The zero-order chi connectivity index (χ0) is 19.1. The molecule has 0 aromatic heterocycles. The number of ether oxygens (including phenoxy) is 2. The topological polar surface area (TPSA) is 42.0 Å². The van der Waals surface area contributed by atoms with Gasteiger partial charge >= 0.3 is 6.09 Å². The highest BCUT2D eigenvalue weighted by molar-refractivity contribution is 14.1. The Morgan fingerprint density at radius 3 is 2.77 bits per heavy atom. The van der Waals surface area contributed by atoms with Gasteiger partial charge in [0.1, 0.15) is 11.4 Å². The Kier molecular flexibility index (Phi) is 6.16. The molecule has 3 rings (SSSR count). The third kappa shape index (κ3) is 4.51. The van der Waals surface area contributed by atoms with Crippen LogP contribution in [-0.4, -0.2) is 53.8 Å². The van der Waals surface area contributed by atoms with E-state index in [4.69, 9.17) is 32.7 Å². The molecule has 26 heavy (non-hydrogen) atoms. The van der Waals surface area contributed by atoms with Gasteiger partial charge in [0.25, 0.3) is 0 Å².